The molecule has 3 rings (SSSR count). The topological polar surface area (TPSA) is 73.1 Å². The Hall–Kier alpha value is -1.90. The number of aromatic nitrogens is 3. The molecule has 0 saturated heterocycles. The molecule has 1 aromatic carbocycles. The quantitative estimate of drug-likeness (QED) is 0.493. The smallest absolute Gasteiger partial charge is 0.206 e. The van der Waals surface area contributed by atoms with Crippen molar-refractivity contribution in [2.75, 3.05) is 25.6 Å². The molecule has 0 aliphatic rings. The number of nitrogens with zero attached hydrogens (tertiary/aromatic N) is 3. The van der Waals surface area contributed by atoms with Gasteiger partial charge in [0, 0.05) is 31.0 Å². The van der Waals surface area contributed by atoms with Crippen LogP contribution in [0.15, 0.2) is 45.3 Å². The zero-order valence-electron chi connectivity index (χ0n) is 12.6. The Labute approximate surface area is 142 Å². The third kappa shape index (κ3) is 4.54. The molecule has 120 valence electrons. The summed E-state index contributed by atoms with van der Waals surface area (Å²) < 4.78 is 11.3. The Kier molecular flexibility index (Phi) is 5.62. The molecule has 1 N–H and O–H groups in total. The number of rotatable bonds is 8. The van der Waals surface area contributed by atoms with E-state index in [2.05, 4.69) is 20.7 Å². The molecule has 8 heteroatoms. The summed E-state index contributed by atoms with van der Waals surface area (Å²) in [4.78, 5) is 0. The second-order valence-electron chi connectivity index (χ2n) is 4.63. The van der Waals surface area contributed by atoms with Crippen LogP contribution in [-0.4, -0.2) is 35.6 Å². The highest BCUT2D eigenvalue weighted by molar-refractivity contribution is 8.00. The van der Waals surface area contributed by atoms with Crippen LogP contribution in [0.1, 0.15) is 5.69 Å². The van der Waals surface area contributed by atoms with Gasteiger partial charge in [-0.05, 0) is 0 Å². The van der Waals surface area contributed by atoms with E-state index in [1.54, 1.807) is 18.9 Å². The summed E-state index contributed by atoms with van der Waals surface area (Å²) in [5.74, 6) is 1.48. The maximum atomic E-state index is 5.39. The summed E-state index contributed by atoms with van der Waals surface area (Å²) >= 11 is 3.11. The van der Waals surface area contributed by atoms with E-state index in [4.69, 9.17) is 9.26 Å². The van der Waals surface area contributed by atoms with Crippen molar-refractivity contribution >= 4 is 28.2 Å². The summed E-state index contributed by atoms with van der Waals surface area (Å²) in [6.07, 6.45) is 0. The maximum absolute atomic E-state index is 5.39. The number of benzene rings is 1. The molecule has 0 aliphatic carbocycles. The summed E-state index contributed by atoms with van der Waals surface area (Å²) in [7, 11) is 1.67. The maximum Gasteiger partial charge on any atom is 0.206 e. The monoisotopic (exact) mass is 348 g/mol. The van der Waals surface area contributed by atoms with E-state index in [0.29, 0.717) is 12.4 Å². The summed E-state index contributed by atoms with van der Waals surface area (Å²) in [5.41, 5.74) is 1.91. The van der Waals surface area contributed by atoms with Gasteiger partial charge in [-0.15, -0.1) is 10.2 Å². The normalized spacial score (nSPS) is 10.8. The summed E-state index contributed by atoms with van der Waals surface area (Å²) in [5, 5.41) is 16.3. The number of anilines is 1. The molecule has 2 heterocycles. The standard InChI is InChI=1S/C15H16N4O2S2/c1-20-8-7-16-14-17-18-15(23-14)22-10-12-9-13(21-19-12)11-5-3-2-4-6-11/h2-6,9H,7-8,10H2,1H3,(H,16,17). The third-order valence-corrected chi connectivity index (χ3v) is 5.00. The van der Waals surface area contributed by atoms with Gasteiger partial charge >= 0.3 is 0 Å². The molecule has 0 bridgehead atoms. The van der Waals surface area contributed by atoms with Crippen LogP contribution in [0.4, 0.5) is 5.13 Å². The predicted molar refractivity (Wildman–Crippen MR) is 91.8 cm³/mol. The van der Waals surface area contributed by atoms with E-state index in [-0.39, 0.29) is 0 Å². The van der Waals surface area contributed by atoms with Gasteiger partial charge in [-0.3, -0.25) is 0 Å². The molecule has 0 spiro atoms. The van der Waals surface area contributed by atoms with Crippen molar-refractivity contribution < 1.29 is 9.26 Å². The lowest BCUT2D eigenvalue weighted by molar-refractivity contribution is 0.211. The lowest BCUT2D eigenvalue weighted by Crippen LogP contribution is -2.06. The van der Waals surface area contributed by atoms with Crippen LogP contribution < -0.4 is 5.32 Å². The average molecular weight is 348 g/mol. The number of nitrogens with one attached hydrogen (secondary N) is 1. The zero-order chi connectivity index (χ0) is 15.9. The molecule has 3 aromatic rings. The van der Waals surface area contributed by atoms with E-state index >= 15 is 0 Å². The molecule has 0 amide bonds. The van der Waals surface area contributed by atoms with Crippen molar-refractivity contribution in [3.05, 3.63) is 42.1 Å². The molecule has 23 heavy (non-hydrogen) atoms. The van der Waals surface area contributed by atoms with Gasteiger partial charge in [-0.1, -0.05) is 58.6 Å². The molecular formula is C15H16N4O2S2. The SMILES string of the molecule is COCCNc1nnc(SCc2cc(-c3ccccc3)on2)s1. The first-order valence-electron chi connectivity index (χ1n) is 7.05. The van der Waals surface area contributed by atoms with Crippen molar-refractivity contribution in [2.45, 2.75) is 10.1 Å². The van der Waals surface area contributed by atoms with Gasteiger partial charge in [0.25, 0.3) is 0 Å². The highest BCUT2D eigenvalue weighted by atomic mass is 32.2. The predicted octanol–water partition coefficient (Wildman–Crippen LogP) is 3.54. The number of ether oxygens (including phenoxy) is 1. The Morgan fingerprint density at radius 1 is 1.26 bits per heavy atom. The van der Waals surface area contributed by atoms with Crippen LogP contribution in [0.25, 0.3) is 11.3 Å². The lowest BCUT2D eigenvalue weighted by atomic mass is 10.2. The van der Waals surface area contributed by atoms with Crippen LogP contribution in [-0.2, 0) is 10.5 Å². The fourth-order valence-electron chi connectivity index (χ4n) is 1.85. The van der Waals surface area contributed by atoms with Crippen molar-refractivity contribution in [1.29, 1.82) is 0 Å². The first kappa shape index (κ1) is 16.0. The molecular weight excluding hydrogens is 332 g/mol. The first-order chi connectivity index (χ1) is 11.3. The second-order valence-corrected chi connectivity index (χ2v) is 6.83. The zero-order valence-corrected chi connectivity index (χ0v) is 14.2. The van der Waals surface area contributed by atoms with Gasteiger partial charge < -0.3 is 14.6 Å². The van der Waals surface area contributed by atoms with Gasteiger partial charge in [0.1, 0.15) is 0 Å². The Bertz CT molecular complexity index is 730. The average Bonchev–Trinajstić information content (AvgIpc) is 3.23. The van der Waals surface area contributed by atoms with Crippen molar-refractivity contribution in [3.63, 3.8) is 0 Å². The third-order valence-electron chi connectivity index (χ3n) is 2.95. The first-order valence-corrected chi connectivity index (χ1v) is 8.85. The van der Waals surface area contributed by atoms with Crippen molar-refractivity contribution in [2.24, 2.45) is 0 Å². The van der Waals surface area contributed by atoms with Gasteiger partial charge in [-0.25, -0.2) is 0 Å². The van der Waals surface area contributed by atoms with E-state index in [9.17, 15) is 0 Å². The molecule has 0 atom stereocenters. The minimum absolute atomic E-state index is 0.642. The number of thioether (sulfide) groups is 1. The number of methoxy groups -OCH3 is 1. The van der Waals surface area contributed by atoms with E-state index < -0.39 is 0 Å². The molecule has 0 unspecified atom stereocenters. The largest absolute Gasteiger partial charge is 0.383 e. The minimum atomic E-state index is 0.642. The summed E-state index contributed by atoms with van der Waals surface area (Å²) in [6, 6.07) is 11.9. The molecule has 0 aliphatic heterocycles. The van der Waals surface area contributed by atoms with Gasteiger partial charge in [0.15, 0.2) is 10.1 Å². The van der Waals surface area contributed by atoms with Crippen LogP contribution >= 0.6 is 23.1 Å². The Morgan fingerprint density at radius 2 is 2.13 bits per heavy atom. The summed E-state index contributed by atoms with van der Waals surface area (Å²) in [6.45, 7) is 1.36. The van der Waals surface area contributed by atoms with E-state index in [1.807, 2.05) is 36.4 Å². The van der Waals surface area contributed by atoms with Gasteiger partial charge in [0.2, 0.25) is 5.13 Å². The fraction of sp³-hybridized carbons (Fsp3) is 0.267. The van der Waals surface area contributed by atoms with Crippen LogP contribution in [0.5, 0.6) is 0 Å². The fourth-order valence-corrected chi connectivity index (χ4v) is 3.51. The second kappa shape index (κ2) is 8.09. The minimum Gasteiger partial charge on any atom is -0.383 e. The van der Waals surface area contributed by atoms with E-state index in [1.165, 1.54) is 11.3 Å². The number of hydrogen-bond donors (Lipinski definition) is 1. The van der Waals surface area contributed by atoms with Gasteiger partial charge in [0.05, 0.1) is 12.3 Å². The van der Waals surface area contributed by atoms with Crippen LogP contribution in [0.2, 0.25) is 0 Å². The molecule has 0 radical (unpaired) electrons. The van der Waals surface area contributed by atoms with Crippen LogP contribution in [0.3, 0.4) is 0 Å². The van der Waals surface area contributed by atoms with Gasteiger partial charge in [-0.2, -0.15) is 0 Å². The molecule has 6 nitrogen and oxygen atoms in total. The van der Waals surface area contributed by atoms with Crippen molar-refractivity contribution in [3.8, 4) is 11.3 Å². The molecule has 0 fully saturated rings. The lowest BCUT2D eigenvalue weighted by Gasteiger charge is -1.98. The van der Waals surface area contributed by atoms with E-state index in [0.717, 1.165) is 33.0 Å². The Morgan fingerprint density at radius 3 is 2.96 bits per heavy atom. The highest BCUT2D eigenvalue weighted by Crippen LogP contribution is 2.29. The Balaban J connectivity index is 1.54. The molecule has 0 saturated carbocycles. The number of hydrogen-bond acceptors (Lipinski definition) is 8. The molecule has 2 aromatic heterocycles. The van der Waals surface area contributed by atoms with Crippen LogP contribution in [0, 0.1) is 0 Å². The van der Waals surface area contributed by atoms with Crippen molar-refractivity contribution in [1.82, 2.24) is 15.4 Å². The highest BCUT2D eigenvalue weighted by Gasteiger charge is 2.09.